The first-order valence-electron chi connectivity index (χ1n) is 6.72. The predicted octanol–water partition coefficient (Wildman–Crippen LogP) is 5.44. The Morgan fingerprint density at radius 2 is 1.53 bits per heavy atom. The van der Waals surface area contributed by atoms with Crippen LogP contribution < -0.4 is 0 Å². The lowest BCUT2D eigenvalue weighted by molar-refractivity contribution is 0.389. The molecule has 0 amide bonds. The first-order valence-corrected chi connectivity index (χ1v) is 6.72. The molecule has 0 radical (unpaired) electrons. The predicted molar refractivity (Wildman–Crippen MR) is 71.1 cm³/mol. The lowest BCUT2D eigenvalue weighted by Crippen LogP contribution is -2.00. The van der Waals surface area contributed by atoms with Gasteiger partial charge < -0.3 is 0 Å². The monoisotopic (exact) mass is 210 g/mol. The van der Waals surface area contributed by atoms with Gasteiger partial charge in [-0.3, -0.25) is 0 Å². The maximum Gasteiger partial charge on any atom is -0.0265 e. The van der Waals surface area contributed by atoms with Crippen molar-refractivity contribution in [3.8, 4) is 0 Å². The van der Waals surface area contributed by atoms with Gasteiger partial charge in [-0.05, 0) is 24.2 Å². The normalized spacial score (nSPS) is 17.1. The minimum atomic E-state index is 0.701. The molecule has 3 atom stereocenters. The van der Waals surface area contributed by atoms with Crippen molar-refractivity contribution in [3.05, 3.63) is 12.7 Å². The molecule has 0 rings (SSSR count). The lowest BCUT2D eigenvalue weighted by Gasteiger charge is -2.14. The highest BCUT2D eigenvalue weighted by Crippen LogP contribution is 2.20. The highest BCUT2D eigenvalue weighted by atomic mass is 14.1. The second-order valence-corrected chi connectivity index (χ2v) is 5.34. The van der Waals surface area contributed by atoms with Gasteiger partial charge in [0, 0.05) is 0 Å². The van der Waals surface area contributed by atoms with E-state index in [1.165, 1.54) is 38.5 Å². The number of hydrogen-bond donors (Lipinski definition) is 0. The Kier molecular flexibility index (Phi) is 8.85. The van der Waals surface area contributed by atoms with E-state index in [2.05, 4.69) is 40.3 Å². The standard InChI is InChI=1S/C15H30/c1-6-13(3)9-8-10-15(5)12-11-14(4)7-2/h6,13-15H,1,7-12H2,2-5H3. The quantitative estimate of drug-likeness (QED) is 0.444. The third-order valence-electron chi connectivity index (χ3n) is 3.61. The molecule has 0 saturated heterocycles. The Bertz CT molecular complexity index is 148. The molecule has 0 aromatic carbocycles. The largest absolute Gasteiger partial charge is 0.103 e. The van der Waals surface area contributed by atoms with Crippen LogP contribution in [0.4, 0.5) is 0 Å². The number of hydrogen-bond acceptors (Lipinski definition) is 0. The van der Waals surface area contributed by atoms with Crippen molar-refractivity contribution < 1.29 is 0 Å². The summed E-state index contributed by atoms with van der Waals surface area (Å²) >= 11 is 0. The van der Waals surface area contributed by atoms with Gasteiger partial charge >= 0.3 is 0 Å². The Morgan fingerprint density at radius 3 is 2.07 bits per heavy atom. The summed E-state index contributed by atoms with van der Waals surface area (Å²) in [7, 11) is 0. The summed E-state index contributed by atoms with van der Waals surface area (Å²) in [5.41, 5.74) is 0. The van der Waals surface area contributed by atoms with Crippen LogP contribution in [-0.2, 0) is 0 Å². The van der Waals surface area contributed by atoms with Gasteiger partial charge in [-0.2, -0.15) is 0 Å². The van der Waals surface area contributed by atoms with E-state index in [1.54, 1.807) is 0 Å². The minimum Gasteiger partial charge on any atom is -0.103 e. The molecule has 0 aromatic rings. The Labute approximate surface area is 97.2 Å². The molecular weight excluding hydrogens is 180 g/mol. The summed E-state index contributed by atoms with van der Waals surface area (Å²) in [5.74, 6) is 2.53. The van der Waals surface area contributed by atoms with Crippen LogP contribution in [0.5, 0.6) is 0 Å². The van der Waals surface area contributed by atoms with E-state index < -0.39 is 0 Å². The third-order valence-corrected chi connectivity index (χ3v) is 3.61. The molecule has 15 heavy (non-hydrogen) atoms. The van der Waals surface area contributed by atoms with Crippen LogP contribution in [0.15, 0.2) is 12.7 Å². The van der Waals surface area contributed by atoms with Crippen LogP contribution >= 0.6 is 0 Å². The topological polar surface area (TPSA) is 0 Å². The second-order valence-electron chi connectivity index (χ2n) is 5.34. The fraction of sp³-hybridized carbons (Fsp3) is 0.867. The molecule has 0 heterocycles. The van der Waals surface area contributed by atoms with Crippen LogP contribution in [0.25, 0.3) is 0 Å². The van der Waals surface area contributed by atoms with E-state index in [9.17, 15) is 0 Å². The van der Waals surface area contributed by atoms with E-state index in [0.717, 1.165) is 11.8 Å². The first kappa shape index (κ1) is 14.7. The fourth-order valence-corrected chi connectivity index (χ4v) is 1.82. The van der Waals surface area contributed by atoms with Crippen LogP contribution in [0, 0.1) is 17.8 Å². The van der Waals surface area contributed by atoms with Gasteiger partial charge in [0.2, 0.25) is 0 Å². The summed E-state index contributed by atoms with van der Waals surface area (Å²) in [6, 6.07) is 0. The van der Waals surface area contributed by atoms with Crippen LogP contribution in [0.1, 0.15) is 66.2 Å². The van der Waals surface area contributed by atoms with Crippen molar-refractivity contribution >= 4 is 0 Å². The van der Waals surface area contributed by atoms with Gasteiger partial charge in [0.15, 0.2) is 0 Å². The van der Waals surface area contributed by atoms with Crippen LogP contribution in [0.3, 0.4) is 0 Å². The van der Waals surface area contributed by atoms with Crippen molar-refractivity contribution in [2.45, 2.75) is 66.2 Å². The maximum atomic E-state index is 3.83. The zero-order valence-electron chi connectivity index (χ0n) is 11.3. The van der Waals surface area contributed by atoms with E-state index >= 15 is 0 Å². The molecule has 3 unspecified atom stereocenters. The summed E-state index contributed by atoms with van der Waals surface area (Å²) in [6.07, 6.45) is 10.3. The average Bonchev–Trinajstić information content (AvgIpc) is 2.25. The Morgan fingerprint density at radius 1 is 0.933 bits per heavy atom. The zero-order chi connectivity index (χ0) is 11.7. The summed E-state index contributed by atoms with van der Waals surface area (Å²) in [5, 5.41) is 0. The van der Waals surface area contributed by atoms with Gasteiger partial charge in [0.25, 0.3) is 0 Å². The van der Waals surface area contributed by atoms with Crippen molar-refractivity contribution in [3.63, 3.8) is 0 Å². The van der Waals surface area contributed by atoms with Crippen LogP contribution in [-0.4, -0.2) is 0 Å². The van der Waals surface area contributed by atoms with Gasteiger partial charge in [0.05, 0.1) is 0 Å². The van der Waals surface area contributed by atoms with Gasteiger partial charge in [-0.15, -0.1) is 6.58 Å². The SMILES string of the molecule is C=CC(C)CCCC(C)CCC(C)CC. The Hall–Kier alpha value is -0.260. The van der Waals surface area contributed by atoms with Gasteiger partial charge in [0.1, 0.15) is 0 Å². The third kappa shape index (κ3) is 8.72. The molecule has 0 heteroatoms. The molecule has 0 aliphatic carbocycles. The van der Waals surface area contributed by atoms with E-state index in [0.29, 0.717) is 5.92 Å². The smallest absolute Gasteiger partial charge is 0.0265 e. The highest BCUT2D eigenvalue weighted by molar-refractivity contribution is 4.74. The van der Waals surface area contributed by atoms with Gasteiger partial charge in [-0.25, -0.2) is 0 Å². The van der Waals surface area contributed by atoms with Crippen molar-refractivity contribution in [1.82, 2.24) is 0 Å². The molecule has 0 N–H and O–H groups in total. The van der Waals surface area contributed by atoms with Gasteiger partial charge in [-0.1, -0.05) is 65.9 Å². The lowest BCUT2D eigenvalue weighted by atomic mass is 9.92. The maximum absolute atomic E-state index is 3.83. The number of rotatable bonds is 9. The second kappa shape index (κ2) is 9.00. The fourth-order valence-electron chi connectivity index (χ4n) is 1.82. The molecule has 0 saturated carbocycles. The van der Waals surface area contributed by atoms with Crippen molar-refractivity contribution in [2.24, 2.45) is 17.8 Å². The molecule has 0 nitrogen and oxygen atoms in total. The molecule has 0 fully saturated rings. The summed E-state index contributed by atoms with van der Waals surface area (Å²) in [6.45, 7) is 13.2. The molecule has 90 valence electrons. The van der Waals surface area contributed by atoms with E-state index in [4.69, 9.17) is 0 Å². The van der Waals surface area contributed by atoms with Crippen molar-refractivity contribution in [2.75, 3.05) is 0 Å². The van der Waals surface area contributed by atoms with E-state index in [-0.39, 0.29) is 0 Å². The van der Waals surface area contributed by atoms with Crippen LogP contribution in [0.2, 0.25) is 0 Å². The molecule has 0 bridgehead atoms. The molecule has 0 aliphatic heterocycles. The van der Waals surface area contributed by atoms with Crippen molar-refractivity contribution in [1.29, 1.82) is 0 Å². The molecule has 0 aromatic heterocycles. The Balaban J connectivity index is 3.40. The highest BCUT2D eigenvalue weighted by Gasteiger charge is 2.06. The molecular formula is C15H30. The zero-order valence-corrected chi connectivity index (χ0v) is 11.3. The average molecular weight is 210 g/mol. The summed E-state index contributed by atoms with van der Waals surface area (Å²) < 4.78 is 0. The van der Waals surface area contributed by atoms with E-state index in [1.807, 2.05) is 0 Å². The molecule has 0 aliphatic rings. The number of allylic oxidation sites excluding steroid dienone is 1. The molecule has 0 spiro atoms. The first-order chi connectivity index (χ1) is 7.10. The minimum absolute atomic E-state index is 0.701. The summed E-state index contributed by atoms with van der Waals surface area (Å²) in [4.78, 5) is 0.